The fourth-order valence-electron chi connectivity index (χ4n) is 2.77. The van der Waals surface area contributed by atoms with Gasteiger partial charge in [-0.05, 0) is 36.4 Å². The van der Waals surface area contributed by atoms with E-state index >= 15 is 0 Å². The van der Waals surface area contributed by atoms with E-state index in [1.807, 2.05) is 17.5 Å². The van der Waals surface area contributed by atoms with Crippen molar-refractivity contribution >= 4 is 28.6 Å². The minimum absolute atomic E-state index is 0.00188. The molecule has 1 aliphatic rings. The maximum absolute atomic E-state index is 12.9. The molecule has 0 spiro atoms. The lowest BCUT2D eigenvalue weighted by molar-refractivity contribution is -0.384. The van der Waals surface area contributed by atoms with Gasteiger partial charge in [-0.1, -0.05) is 6.07 Å². The second kappa shape index (κ2) is 6.47. The zero-order valence-electron chi connectivity index (χ0n) is 12.4. The molecular weight excluding hydrogens is 316 g/mol. The third-order valence-electron chi connectivity index (χ3n) is 4.11. The number of nitrogens with one attached hydrogen (secondary N) is 1. The summed E-state index contributed by atoms with van der Waals surface area (Å²) in [4.78, 5) is 24.2. The number of anilines is 1. The second-order valence-corrected chi connectivity index (χ2v) is 6.38. The van der Waals surface area contributed by atoms with Crippen LogP contribution in [0.3, 0.4) is 0 Å². The molecule has 1 aromatic heterocycles. The van der Waals surface area contributed by atoms with Gasteiger partial charge in [0.05, 0.1) is 10.3 Å². The summed E-state index contributed by atoms with van der Waals surface area (Å²) in [6.07, 6.45) is 1.26. The van der Waals surface area contributed by atoms with Gasteiger partial charge in [0.2, 0.25) is 5.91 Å². The fraction of sp³-hybridized carbons (Fsp3) is 0.312. The molecule has 0 atom stereocenters. The first-order chi connectivity index (χ1) is 11.1. The van der Waals surface area contributed by atoms with Gasteiger partial charge in [0.1, 0.15) is 0 Å². The van der Waals surface area contributed by atoms with Crippen LogP contribution >= 0.6 is 11.3 Å². The number of amides is 1. The number of non-ortho nitro benzene ring substituents is 1. The van der Waals surface area contributed by atoms with E-state index in [9.17, 15) is 14.9 Å². The second-order valence-electron chi connectivity index (χ2n) is 5.43. The van der Waals surface area contributed by atoms with Crippen molar-refractivity contribution < 1.29 is 14.5 Å². The summed E-state index contributed by atoms with van der Waals surface area (Å²) in [5.74, 6) is -0.0860. The minimum Gasteiger partial charge on any atom is -0.381 e. The van der Waals surface area contributed by atoms with E-state index in [2.05, 4.69) is 5.32 Å². The summed E-state index contributed by atoms with van der Waals surface area (Å²) in [7, 11) is 0. The van der Waals surface area contributed by atoms with Crippen molar-refractivity contribution in [3.8, 4) is 0 Å². The lowest BCUT2D eigenvalue weighted by atomic mass is 9.78. The number of nitrogens with zero attached hydrogens (tertiary/aromatic N) is 1. The summed E-state index contributed by atoms with van der Waals surface area (Å²) in [5, 5.41) is 15.6. The number of thiophene rings is 1. The summed E-state index contributed by atoms with van der Waals surface area (Å²) in [5.41, 5.74) is -0.0289. The maximum Gasteiger partial charge on any atom is 0.269 e. The predicted molar refractivity (Wildman–Crippen MR) is 87.8 cm³/mol. The molecule has 0 saturated carbocycles. The molecule has 7 heteroatoms. The average molecular weight is 332 g/mol. The Morgan fingerprint density at radius 2 is 1.91 bits per heavy atom. The highest BCUT2D eigenvalue weighted by Gasteiger charge is 2.42. The molecule has 120 valence electrons. The zero-order chi connectivity index (χ0) is 16.3. The summed E-state index contributed by atoms with van der Waals surface area (Å²) >= 11 is 1.57. The number of ether oxygens (including phenoxy) is 1. The smallest absolute Gasteiger partial charge is 0.269 e. The number of carbonyl (C=O) groups is 1. The molecule has 1 aromatic carbocycles. The predicted octanol–water partition coefficient (Wildman–Crippen LogP) is 3.34. The molecule has 0 aliphatic carbocycles. The third kappa shape index (κ3) is 3.11. The molecule has 23 heavy (non-hydrogen) atoms. The van der Waals surface area contributed by atoms with Gasteiger partial charge >= 0.3 is 0 Å². The van der Waals surface area contributed by atoms with Gasteiger partial charge in [0.15, 0.2) is 0 Å². The Morgan fingerprint density at radius 3 is 2.48 bits per heavy atom. The number of nitro groups is 1. The molecule has 6 nitrogen and oxygen atoms in total. The Balaban J connectivity index is 1.83. The Labute approximate surface area is 137 Å². The lowest BCUT2D eigenvalue weighted by Crippen LogP contribution is -2.44. The van der Waals surface area contributed by atoms with Crippen molar-refractivity contribution in [3.05, 3.63) is 56.8 Å². The van der Waals surface area contributed by atoms with E-state index < -0.39 is 10.3 Å². The highest BCUT2D eigenvalue weighted by Crippen LogP contribution is 2.38. The summed E-state index contributed by atoms with van der Waals surface area (Å²) in [6, 6.07) is 9.80. The normalized spacial score (nSPS) is 16.7. The van der Waals surface area contributed by atoms with E-state index in [-0.39, 0.29) is 11.6 Å². The third-order valence-corrected chi connectivity index (χ3v) is 5.18. The zero-order valence-corrected chi connectivity index (χ0v) is 13.2. The summed E-state index contributed by atoms with van der Waals surface area (Å²) < 4.78 is 5.41. The van der Waals surface area contributed by atoms with Crippen LogP contribution in [-0.4, -0.2) is 24.0 Å². The molecule has 0 bridgehead atoms. The number of hydrogen-bond acceptors (Lipinski definition) is 5. The van der Waals surface area contributed by atoms with Crippen LogP contribution in [0.1, 0.15) is 17.7 Å². The first kappa shape index (κ1) is 15.6. The van der Waals surface area contributed by atoms with Gasteiger partial charge in [0.25, 0.3) is 5.69 Å². The molecule has 1 aliphatic heterocycles. The molecular formula is C16H16N2O4S. The average Bonchev–Trinajstić information content (AvgIpc) is 3.11. The van der Waals surface area contributed by atoms with Gasteiger partial charge in [-0.15, -0.1) is 11.3 Å². The molecule has 0 radical (unpaired) electrons. The Bertz CT molecular complexity index is 691. The lowest BCUT2D eigenvalue weighted by Gasteiger charge is -2.35. The van der Waals surface area contributed by atoms with Gasteiger partial charge in [0, 0.05) is 35.9 Å². The van der Waals surface area contributed by atoms with Gasteiger partial charge in [-0.3, -0.25) is 14.9 Å². The number of rotatable bonds is 4. The molecule has 1 fully saturated rings. The van der Waals surface area contributed by atoms with Crippen molar-refractivity contribution in [3.63, 3.8) is 0 Å². The highest BCUT2D eigenvalue weighted by molar-refractivity contribution is 7.10. The van der Waals surface area contributed by atoms with E-state index in [1.165, 1.54) is 12.1 Å². The first-order valence-corrected chi connectivity index (χ1v) is 8.17. The Kier molecular flexibility index (Phi) is 4.40. The van der Waals surface area contributed by atoms with Crippen molar-refractivity contribution in [1.29, 1.82) is 0 Å². The highest BCUT2D eigenvalue weighted by atomic mass is 32.1. The van der Waals surface area contributed by atoms with Gasteiger partial charge < -0.3 is 10.1 Å². The van der Waals surface area contributed by atoms with Gasteiger partial charge in [-0.25, -0.2) is 0 Å². The number of carbonyl (C=O) groups excluding carboxylic acids is 1. The topological polar surface area (TPSA) is 81.5 Å². The van der Waals surface area contributed by atoms with Crippen LogP contribution in [0.5, 0.6) is 0 Å². The van der Waals surface area contributed by atoms with Crippen LogP contribution in [-0.2, 0) is 14.9 Å². The number of nitro benzene ring substituents is 1. The number of benzene rings is 1. The first-order valence-electron chi connectivity index (χ1n) is 7.29. The summed E-state index contributed by atoms with van der Waals surface area (Å²) in [6.45, 7) is 1.09. The van der Waals surface area contributed by atoms with Crippen molar-refractivity contribution in [2.75, 3.05) is 18.5 Å². The van der Waals surface area contributed by atoms with Crippen LogP contribution in [0.4, 0.5) is 11.4 Å². The van der Waals surface area contributed by atoms with E-state index in [4.69, 9.17) is 4.74 Å². The Hall–Kier alpha value is -2.25. The van der Waals surface area contributed by atoms with E-state index in [1.54, 1.807) is 23.5 Å². The largest absolute Gasteiger partial charge is 0.381 e. The molecule has 1 N–H and O–H groups in total. The van der Waals surface area contributed by atoms with Crippen molar-refractivity contribution in [2.45, 2.75) is 18.3 Å². The minimum atomic E-state index is -0.589. The molecule has 2 heterocycles. The molecule has 2 aromatic rings. The fourth-order valence-corrected chi connectivity index (χ4v) is 3.76. The molecule has 3 rings (SSSR count). The van der Waals surface area contributed by atoms with Crippen LogP contribution in [0.15, 0.2) is 41.8 Å². The SMILES string of the molecule is O=C(Nc1ccc([N+](=O)[O-])cc1)C1(c2cccs2)CCOCC1. The van der Waals surface area contributed by atoms with Crippen LogP contribution in [0.2, 0.25) is 0 Å². The maximum atomic E-state index is 12.9. The molecule has 1 amide bonds. The van der Waals surface area contributed by atoms with E-state index in [0.717, 1.165) is 4.88 Å². The van der Waals surface area contributed by atoms with Crippen LogP contribution in [0.25, 0.3) is 0 Å². The van der Waals surface area contributed by atoms with Crippen molar-refractivity contribution in [1.82, 2.24) is 0 Å². The molecule has 1 saturated heterocycles. The van der Waals surface area contributed by atoms with Gasteiger partial charge in [-0.2, -0.15) is 0 Å². The monoisotopic (exact) mass is 332 g/mol. The van der Waals surface area contributed by atoms with Crippen molar-refractivity contribution in [2.24, 2.45) is 0 Å². The number of hydrogen-bond donors (Lipinski definition) is 1. The quantitative estimate of drug-likeness (QED) is 0.687. The van der Waals surface area contributed by atoms with E-state index in [0.29, 0.717) is 31.7 Å². The Morgan fingerprint density at radius 1 is 1.22 bits per heavy atom. The molecule has 0 unspecified atom stereocenters. The standard InChI is InChI=1S/C16H16N2O4S/c19-15(17-12-3-5-13(6-4-12)18(20)21)16(7-9-22-10-8-16)14-2-1-11-23-14/h1-6,11H,7-10H2,(H,17,19). The van der Waals surface area contributed by atoms with Crippen LogP contribution in [0, 0.1) is 10.1 Å². The van der Waals surface area contributed by atoms with Crippen LogP contribution < -0.4 is 5.32 Å².